The van der Waals surface area contributed by atoms with Gasteiger partial charge in [0.2, 0.25) is 5.91 Å². The van der Waals surface area contributed by atoms with Crippen LogP contribution in [0.4, 0.5) is 5.82 Å². The summed E-state index contributed by atoms with van der Waals surface area (Å²) in [6.45, 7) is 5.45. The Labute approximate surface area is 124 Å². The van der Waals surface area contributed by atoms with Gasteiger partial charge in [-0.15, -0.1) is 0 Å². The minimum atomic E-state index is -0.338. The van der Waals surface area contributed by atoms with Crippen LogP contribution in [0.25, 0.3) is 0 Å². The van der Waals surface area contributed by atoms with Gasteiger partial charge in [0.25, 0.3) is 0 Å². The van der Waals surface area contributed by atoms with Crippen molar-refractivity contribution in [1.29, 1.82) is 0 Å². The van der Waals surface area contributed by atoms with Gasteiger partial charge in [0, 0.05) is 19.3 Å². The van der Waals surface area contributed by atoms with E-state index < -0.39 is 0 Å². The van der Waals surface area contributed by atoms with Crippen LogP contribution < -0.4 is 11.1 Å². The molecular formula is C14H20N4OS. The number of aromatic nitrogens is 1. The molecule has 1 fully saturated rings. The molecule has 1 aliphatic rings. The van der Waals surface area contributed by atoms with Crippen LogP contribution in [-0.4, -0.2) is 39.9 Å². The van der Waals surface area contributed by atoms with Crippen LogP contribution in [0.15, 0.2) is 12.3 Å². The Balaban J connectivity index is 2.15. The molecule has 1 amide bonds. The van der Waals surface area contributed by atoms with Gasteiger partial charge in [-0.1, -0.05) is 12.2 Å². The highest BCUT2D eigenvalue weighted by Gasteiger charge is 2.24. The predicted octanol–water partition coefficient (Wildman–Crippen LogP) is 1.45. The summed E-state index contributed by atoms with van der Waals surface area (Å²) in [6, 6.07) is 1.52. The van der Waals surface area contributed by atoms with Gasteiger partial charge in [0.1, 0.15) is 16.8 Å². The zero-order chi connectivity index (χ0) is 14.7. The summed E-state index contributed by atoms with van der Waals surface area (Å²) in [6.07, 6.45) is 3.85. The number of aryl methyl sites for hydroxylation is 1. The fourth-order valence-electron chi connectivity index (χ4n) is 2.46. The van der Waals surface area contributed by atoms with Crippen LogP contribution in [0.5, 0.6) is 0 Å². The summed E-state index contributed by atoms with van der Waals surface area (Å²) in [5, 5.41) is 3.14. The van der Waals surface area contributed by atoms with Crippen molar-refractivity contribution in [3.8, 4) is 0 Å². The number of hydrogen-bond acceptors (Lipinski definition) is 4. The van der Waals surface area contributed by atoms with E-state index in [1.165, 1.54) is 0 Å². The highest BCUT2D eigenvalue weighted by Crippen LogP contribution is 2.18. The minimum absolute atomic E-state index is 0.0969. The standard InChI is InChI=1S/C14H20N4OS/c1-9-5-6-16-13(11(9)12(15)20)17-10(2)14(19)18-7-3-4-8-18/h5-6,10H,3-4,7-8H2,1-2H3,(H2,15,20)(H,16,17). The number of thiocarbonyl (C=S) groups is 1. The number of likely N-dealkylation sites (tertiary alicyclic amines) is 1. The van der Waals surface area contributed by atoms with Crippen molar-refractivity contribution >= 4 is 28.9 Å². The lowest BCUT2D eigenvalue weighted by molar-refractivity contribution is -0.130. The quantitative estimate of drug-likeness (QED) is 0.822. The van der Waals surface area contributed by atoms with Gasteiger partial charge in [-0.3, -0.25) is 4.79 Å². The molecule has 6 heteroatoms. The van der Waals surface area contributed by atoms with E-state index in [9.17, 15) is 4.79 Å². The number of anilines is 1. The summed E-state index contributed by atoms with van der Waals surface area (Å²) >= 11 is 5.07. The van der Waals surface area contributed by atoms with Gasteiger partial charge in [-0.05, 0) is 38.3 Å². The maximum atomic E-state index is 12.3. The molecule has 0 aromatic carbocycles. The molecule has 2 heterocycles. The van der Waals surface area contributed by atoms with Crippen molar-refractivity contribution in [1.82, 2.24) is 9.88 Å². The molecule has 1 saturated heterocycles. The van der Waals surface area contributed by atoms with Gasteiger partial charge < -0.3 is 16.0 Å². The molecule has 0 spiro atoms. The van der Waals surface area contributed by atoms with Crippen molar-refractivity contribution in [3.05, 3.63) is 23.4 Å². The van der Waals surface area contributed by atoms with Crippen LogP contribution in [0.3, 0.4) is 0 Å². The van der Waals surface area contributed by atoms with Crippen LogP contribution in [-0.2, 0) is 4.79 Å². The van der Waals surface area contributed by atoms with Gasteiger partial charge in [0.15, 0.2) is 0 Å². The molecule has 2 rings (SSSR count). The Morgan fingerprint density at radius 1 is 1.50 bits per heavy atom. The summed E-state index contributed by atoms with van der Waals surface area (Å²) in [4.78, 5) is 18.7. The molecular weight excluding hydrogens is 272 g/mol. The third kappa shape index (κ3) is 3.07. The number of nitrogens with two attached hydrogens (primary N) is 1. The zero-order valence-electron chi connectivity index (χ0n) is 11.8. The van der Waals surface area contributed by atoms with Crippen LogP contribution in [0, 0.1) is 6.92 Å². The van der Waals surface area contributed by atoms with Gasteiger partial charge >= 0.3 is 0 Å². The average molecular weight is 292 g/mol. The highest BCUT2D eigenvalue weighted by atomic mass is 32.1. The van der Waals surface area contributed by atoms with E-state index in [2.05, 4.69) is 10.3 Å². The van der Waals surface area contributed by atoms with Crippen molar-refractivity contribution < 1.29 is 4.79 Å². The Kier molecular flexibility index (Phi) is 4.54. The van der Waals surface area contributed by atoms with Crippen LogP contribution >= 0.6 is 12.2 Å². The maximum Gasteiger partial charge on any atom is 0.244 e. The summed E-state index contributed by atoms with van der Waals surface area (Å²) in [5.41, 5.74) is 7.41. The lowest BCUT2D eigenvalue weighted by Crippen LogP contribution is -2.40. The molecule has 1 atom stereocenters. The van der Waals surface area contributed by atoms with E-state index in [0.29, 0.717) is 16.4 Å². The van der Waals surface area contributed by atoms with E-state index in [-0.39, 0.29) is 11.9 Å². The topological polar surface area (TPSA) is 71.2 Å². The molecule has 1 unspecified atom stereocenters. The second-order valence-electron chi connectivity index (χ2n) is 5.11. The number of nitrogens with one attached hydrogen (secondary N) is 1. The molecule has 0 aliphatic carbocycles. The number of pyridine rings is 1. The molecule has 3 N–H and O–H groups in total. The third-order valence-electron chi connectivity index (χ3n) is 3.55. The van der Waals surface area contributed by atoms with E-state index in [0.717, 1.165) is 31.5 Å². The fourth-order valence-corrected chi connectivity index (χ4v) is 2.71. The molecule has 108 valence electrons. The van der Waals surface area contributed by atoms with Crippen molar-refractivity contribution in [2.24, 2.45) is 5.73 Å². The summed E-state index contributed by atoms with van der Waals surface area (Å²) in [5.74, 6) is 0.678. The number of carbonyl (C=O) groups excluding carboxylic acids is 1. The van der Waals surface area contributed by atoms with Gasteiger partial charge in [-0.2, -0.15) is 0 Å². The van der Waals surface area contributed by atoms with Gasteiger partial charge in [-0.25, -0.2) is 4.98 Å². The Morgan fingerprint density at radius 3 is 2.75 bits per heavy atom. The molecule has 0 saturated carbocycles. The first-order valence-corrected chi connectivity index (χ1v) is 7.22. The number of rotatable bonds is 4. The van der Waals surface area contributed by atoms with Gasteiger partial charge in [0.05, 0.1) is 5.56 Å². The summed E-state index contributed by atoms with van der Waals surface area (Å²) < 4.78 is 0. The Bertz CT molecular complexity index is 526. The predicted molar refractivity (Wildman–Crippen MR) is 83.8 cm³/mol. The van der Waals surface area contributed by atoms with E-state index in [4.69, 9.17) is 18.0 Å². The minimum Gasteiger partial charge on any atom is -0.389 e. The average Bonchev–Trinajstić information content (AvgIpc) is 2.91. The van der Waals surface area contributed by atoms with E-state index in [1.807, 2.05) is 24.8 Å². The number of carbonyl (C=O) groups is 1. The normalized spacial score (nSPS) is 16.0. The van der Waals surface area contributed by atoms with E-state index in [1.54, 1.807) is 6.20 Å². The maximum absolute atomic E-state index is 12.3. The largest absolute Gasteiger partial charge is 0.389 e. The molecule has 20 heavy (non-hydrogen) atoms. The van der Waals surface area contributed by atoms with E-state index >= 15 is 0 Å². The van der Waals surface area contributed by atoms with Crippen molar-refractivity contribution in [2.75, 3.05) is 18.4 Å². The van der Waals surface area contributed by atoms with Crippen molar-refractivity contribution in [2.45, 2.75) is 32.7 Å². The lowest BCUT2D eigenvalue weighted by atomic mass is 10.1. The summed E-state index contributed by atoms with van der Waals surface area (Å²) in [7, 11) is 0. The SMILES string of the molecule is Cc1ccnc(NC(C)C(=O)N2CCCC2)c1C(N)=S. The monoisotopic (exact) mass is 292 g/mol. The van der Waals surface area contributed by atoms with Crippen LogP contribution in [0.1, 0.15) is 30.9 Å². The molecule has 1 aliphatic heterocycles. The second-order valence-corrected chi connectivity index (χ2v) is 5.55. The Hall–Kier alpha value is -1.69. The molecule has 1 aromatic heterocycles. The van der Waals surface area contributed by atoms with Crippen LogP contribution in [0.2, 0.25) is 0 Å². The van der Waals surface area contributed by atoms with Crippen molar-refractivity contribution in [3.63, 3.8) is 0 Å². The smallest absolute Gasteiger partial charge is 0.244 e. The first-order chi connectivity index (χ1) is 9.50. The third-order valence-corrected chi connectivity index (χ3v) is 3.75. The second kappa shape index (κ2) is 6.17. The lowest BCUT2D eigenvalue weighted by Gasteiger charge is -2.22. The Morgan fingerprint density at radius 2 is 2.15 bits per heavy atom. The fraction of sp³-hybridized carbons (Fsp3) is 0.500. The molecule has 0 radical (unpaired) electrons. The zero-order valence-corrected chi connectivity index (χ0v) is 12.7. The first kappa shape index (κ1) is 14.7. The highest BCUT2D eigenvalue weighted by molar-refractivity contribution is 7.80. The molecule has 0 bridgehead atoms. The number of amides is 1. The first-order valence-electron chi connectivity index (χ1n) is 6.81. The molecule has 5 nitrogen and oxygen atoms in total. The number of hydrogen-bond donors (Lipinski definition) is 2. The molecule has 1 aromatic rings. The number of nitrogens with zero attached hydrogens (tertiary/aromatic N) is 2.